The lowest BCUT2D eigenvalue weighted by molar-refractivity contribution is 0.106. The van der Waals surface area contributed by atoms with Crippen LogP contribution in [-0.2, 0) is 13.6 Å². The standard InChI is InChI=1S/C15H18N4O2/c1-19-10-13(8-18-19)7-17-9-14(20)11-21-15-4-2-12(6-16)3-5-15/h2-5,8,10,14,17,20H,7,9,11H2,1H3. The Morgan fingerprint density at radius 1 is 1.43 bits per heavy atom. The first-order valence-corrected chi connectivity index (χ1v) is 6.66. The number of aliphatic hydroxyl groups excluding tert-OH is 1. The fourth-order valence-corrected chi connectivity index (χ4v) is 1.82. The first-order chi connectivity index (χ1) is 10.2. The molecule has 0 spiro atoms. The summed E-state index contributed by atoms with van der Waals surface area (Å²) in [5.74, 6) is 0.639. The lowest BCUT2D eigenvalue weighted by Crippen LogP contribution is -2.31. The monoisotopic (exact) mass is 286 g/mol. The minimum atomic E-state index is -0.600. The van der Waals surface area contributed by atoms with Gasteiger partial charge in [-0.2, -0.15) is 10.4 Å². The number of aromatic nitrogens is 2. The second kappa shape index (κ2) is 7.43. The van der Waals surface area contributed by atoms with E-state index in [4.69, 9.17) is 10.00 Å². The zero-order chi connectivity index (χ0) is 15.1. The zero-order valence-corrected chi connectivity index (χ0v) is 11.9. The second-order valence-electron chi connectivity index (χ2n) is 4.75. The summed E-state index contributed by atoms with van der Waals surface area (Å²) in [7, 11) is 1.86. The Kier molecular flexibility index (Phi) is 5.32. The van der Waals surface area contributed by atoms with Crippen LogP contribution in [0.4, 0.5) is 0 Å². The molecular weight excluding hydrogens is 268 g/mol. The third-order valence-electron chi connectivity index (χ3n) is 2.89. The van der Waals surface area contributed by atoms with Gasteiger partial charge in [-0.25, -0.2) is 0 Å². The Balaban J connectivity index is 1.67. The van der Waals surface area contributed by atoms with E-state index in [2.05, 4.69) is 10.4 Å². The molecule has 0 bridgehead atoms. The molecule has 2 aromatic rings. The summed E-state index contributed by atoms with van der Waals surface area (Å²) in [4.78, 5) is 0. The van der Waals surface area contributed by atoms with Crippen molar-refractivity contribution >= 4 is 0 Å². The highest BCUT2D eigenvalue weighted by Crippen LogP contribution is 2.11. The first kappa shape index (κ1) is 15.0. The van der Waals surface area contributed by atoms with Crippen LogP contribution < -0.4 is 10.1 Å². The minimum absolute atomic E-state index is 0.200. The van der Waals surface area contributed by atoms with E-state index in [1.807, 2.05) is 19.3 Å². The third-order valence-corrected chi connectivity index (χ3v) is 2.89. The Hall–Kier alpha value is -2.36. The molecule has 0 saturated heterocycles. The lowest BCUT2D eigenvalue weighted by Gasteiger charge is -2.13. The Morgan fingerprint density at radius 2 is 2.19 bits per heavy atom. The van der Waals surface area contributed by atoms with E-state index in [0.29, 0.717) is 24.4 Å². The van der Waals surface area contributed by atoms with Crippen LogP contribution in [0.5, 0.6) is 5.75 Å². The topological polar surface area (TPSA) is 83.1 Å². The van der Waals surface area contributed by atoms with Crippen molar-refractivity contribution in [2.75, 3.05) is 13.2 Å². The van der Waals surface area contributed by atoms with Gasteiger partial charge in [0, 0.05) is 31.9 Å². The van der Waals surface area contributed by atoms with Crippen molar-refractivity contribution in [3.63, 3.8) is 0 Å². The number of hydrogen-bond acceptors (Lipinski definition) is 5. The summed E-state index contributed by atoms with van der Waals surface area (Å²) in [6.45, 7) is 1.29. The highest BCUT2D eigenvalue weighted by molar-refractivity contribution is 5.34. The van der Waals surface area contributed by atoms with Crippen LogP contribution in [0.15, 0.2) is 36.7 Å². The van der Waals surface area contributed by atoms with E-state index in [-0.39, 0.29) is 6.61 Å². The maximum atomic E-state index is 9.83. The van der Waals surface area contributed by atoms with E-state index in [0.717, 1.165) is 5.56 Å². The van der Waals surface area contributed by atoms with Crippen LogP contribution in [0.1, 0.15) is 11.1 Å². The molecule has 0 saturated carbocycles. The van der Waals surface area contributed by atoms with Crippen molar-refractivity contribution in [1.82, 2.24) is 15.1 Å². The maximum absolute atomic E-state index is 9.83. The molecule has 0 amide bonds. The normalized spacial score (nSPS) is 11.9. The highest BCUT2D eigenvalue weighted by atomic mass is 16.5. The van der Waals surface area contributed by atoms with Crippen LogP contribution in [-0.4, -0.2) is 34.1 Å². The van der Waals surface area contributed by atoms with Gasteiger partial charge in [0.2, 0.25) is 0 Å². The fraction of sp³-hybridized carbons (Fsp3) is 0.333. The number of nitrogens with zero attached hydrogens (tertiary/aromatic N) is 3. The predicted octanol–water partition coefficient (Wildman–Crippen LogP) is 0.821. The number of hydrogen-bond donors (Lipinski definition) is 2. The van der Waals surface area contributed by atoms with Gasteiger partial charge in [0.1, 0.15) is 18.5 Å². The number of nitrogens with one attached hydrogen (secondary N) is 1. The number of nitriles is 1. The van der Waals surface area contributed by atoms with Gasteiger partial charge in [-0.1, -0.05) is 0 Å². The van der Waals surface area contributed by atoms with Crippen molar-refractivity contribution < 1.29 is 9.84 Å². The summed E-state index contributed by atoms with van der Waals surface area (Å²) in [6, 6.07) is 8.84. The molecule has 2 rings (SSSR count). The third kappa shape index (κ3) is 4.91. The Morgan fingerprint density at radius 3 is 2.81 bits per heavy atom. The van der Waals surface area contributed by atoms with Gasteiger partial charge in [0.25, 0.3) is 0 Å². The van der Waals surface area contributed by atoms with E-state index >= 15 is 0 Å². The molecular formula is C15H18N4O2. The van der Waals surface area contributed by atoms with Crippen LogP contribution in [0.2, 0.25) is 0 Å². The van der Waals surface area contributed by atoms with Crippen molar-refractivity contribution in [1.29, 1.82) is 5.26 Å². The molecule has 0 fully saturated rings. The predicted molar refractivity (Wildman–Crippen MR) is 77.6 cm³/mol. The molecule has 2 N–H and O–H groups in total. The molecule has 110 valence electrons. The lowest BCUT2D eigenvalue weighted by atomic mass is 10.2. The van der Waals surface area contributed by atoms with E-state index in [1.54, 1.807) is 35.1 Å². The Bertz CT molecular complexity index is 601. The summed E-state index contributed by atoms with van der Waals surface area (Å²) < 4.78 is 7.20. The first-order valence-electron chi connectivity index (χ1n) is 6.66. The highest BCUT2D eigenvalue weighted by Gasteiger charge is 2.05. The molecule has 1 atom stereocenters. The van der Waals surface area contributed by atoms with Gasteiger partial charge in [-0.15, -0.1) is 0 Å². The van der Waals surface area contributed by atoms with Crippen molar-refractivity contribution in [2.24, 2.45) is 7.05 Å². The summed E-state index contributed by atoms with van der Waals surface area (Å²) in [5, 5.41) is 25.7. The molecule has 6 nitrogen and oxygen atoms in total. The molecule has 1 aromatic carbocycles. The fourth-order valence-electron chi connectivity index (χ4n) is 1.82. The van der Waals surface area contributed by atoms with E-state index in [1.165, 1.54) is 0 Å². The quantitative estimate of drug-likeness (QED) is 0.787. The number of aryl methyl sites for hydroxylation is 1. The van der Waals surface area contributed by atoms with Crippen LogP contribution in [0, 0.1) is 11.3 Å². The average molecular weight is 286 g/mol. The molecule has 0 aliphatic carbocycles. The van der Waals surface area contributed by atoms with Gasteiger partial charge < -0.3 is 15.2 Å². The summed E-state index contributed by atoms with van der Waals surface area (Å²) in [6.07, 6.45) is 3.11. The van der Waals surface area contributed by atoms with Crippen LogP contribution >= 0.6 is 0 Å². The maximum Gasteiger partial charge on any atom is 0.119 e. The molecule has 1 heterocycles. The molecule has 1 unspecified atom stereocenters. The van der Waals surface area contributed by atoms with E-state index in [9.17, 15) is 5.11 Å². The van der Waals surface area contributed by atoms with Gasteiger partial charge in [-0.05, 0) is 24.3 Å². The number of benzene rings is 1. The Labute approximate surface area is 123 Å². The molecule has 0 aliphatic rings. The molecule has 1 aromatic heterocycles. The number of aliphatic hydroxyl groups is 1. The summed E-state index contributed by atoms with van der Waals surface area (Å²) in [5.41, 5.74) is 1.65. The van der Waals surface area contributed by atoms with Gasteiger partial charge in [-0.3, -0.25) is 4.68 Å². The van der Waals surface area contributed by atoms with E-state index < -0.39 is 6.10 Å². The van der Waals surface area contributed by atoms with Crippen molar-refractivity contribution in [3.8, 4) is 11.8 Å². The van der Waals surface area contributed by atoms with Gasteiger partial charge >= 0.3 is 0 Å². The molecule has 21 heavy (non-hydrogen) atoms. The van der Waals surface area contributed by atoms with Crippen molar-refractivity contribution in [2.45, 2.75) is 12.6 Å². The number of ether oxygens (including phenoxy) is 1. The van der Waals surface area contributed by atoms with Gasteiger partial charge in [0.15, 0.2) is 0 Å². The van der Waals surface area contributed by atoms with Crippen LogP contribution in [0.3, 0.4) is 0 Å². The SMILES string of the molecule is Cn1cc(CNCC(O)COc2ccc(C#N)cc2)cn1. The van der Waals surface area contributed by atoms with Crippen LogP contribution in [0.25, 0.3) is 0 Å². The summed E-state index contributed by atoms with van der Waals surface area (Å²) >= 11 is 0. The zero-order valence-electron chi connectivity index (χ0n) is 11.9. The molecule has 0 aliphatic heterocycles. The van der Waals surface area contributed by atoms with Gasteiger partial charge in [0.05, 0.1) is 17.8 Å². The average Bonchev–Trinajstić information content (AvgIpc) is 2.91. The molecule has 6 heteroatoms. The van der Waals surface area contributed by atoms with Crippen molar-refractivity contribution in [3.05, 3.63) is 47.8 Å². The largest absolute Gasteiger partial charge is 0.491 e. The molecule has 0 radical (unpaired) electrons. The minimum Gasteiger partial charge on any atom is -0.491 e. The smallest absolute Gasteiger partial charge is 0.119 e. The number of rotatable bonds is 7. The second-order valence-corrected chi connectivity index (χ2v) is 4.75.